The summed E-state index contributed by atoms with van der Waals surface area (Å²) in [4.78, 5) is 38.2. The van der Waals surface area contributed by atoms with Gasteiger partial charge in [0, 0.05) is 37.7 Å². The second-order valence-corrected chi connectivity index (χ2v) is 8.29. The molecule has 1 heterocycles. The van der Waals surface area contributed by atoms with Gasteiger partial charge in [-0.2, -0.15) is 0 Å². The molecule has 0 fully saturated rings. The molecule has 4 rings (SSSR count). The second-order valence-electron chi connectivity index (χ2n) is 7.88. The summed E-state index contributed by atoms with van der Waals surface area (Å²) >= 11 is 5.94. The number of phenols is 2. The van der Waals surface area contributed by atoms with Crippen LogP contribution in [0, 0.1) is 10.1 Å². The number of hydrogen-bond acceptors (Lipinski definition) is 6. The average Bonchev–Trinajstić information content (AvgIpc) is 2.83. The van der Waals surface area contributed by atoms with E-state index in [-0.39, 0.29) is 41.5 Å². The third kappa shape index (κ3) is 4.65. The zero-order valence-corrected chi connectivity index (χ0v) is 18.5. The minimum absolute atomic E-state index is 0.0527. The fourth-order valence-electron chi connectivity index (χ4n) is 3.89. The molecule has 1 aliphatic rings. The SMILES string of the molecule is O=C(NCc1ccc([N+](=O)[O-])cc1)[C@H]1Cc2ccccc2CN1C(=O)c1cc(Cl)c(O)cc1O. The summed E-state index contributed by atoms with van der Waals surface area (Å²) in [5.41, 5.74) is 2.28. The Labute approximate surface area is 199 Å². The van der Waals surface area contributed by atoms with E-state index in [9.17, 15) is 29.9 Å². The standard InChI is InChI=1S/C24H20ClN3O6/c25-19-10-18(21(29)11-22(19)30)24(32)27-13-16-4-2-1-3-15(16)9-20(27)23(31)26-12-14-5-7-17(8-6-14)28(33)34/h1-8,10-11,20,29-30H,9,12-13H2,(H,26,31)/t20-/m1/s1. The predicted octanol–water partition coefficient (Wildman–Crippen LogP) is 3.54. The molecule has 34 heavy (non-hydrogen) atoms. The van der Waals surface area contributed by atoms with E-state index in [1.807, 2.05) is 24.3 Å². The lowest BCUT2D eigenvalue weighted by Gasteiger charge is -2.36. The van der Waals surface area contributed by atoms with Crippen LogP contribution < -0.4 is 5.32 Å². The highest BCUT2D eigenvalue weighted by atomic mass is 35.5. The van der Waals surface area contributed by atoms with Crippen LogP contribution in [0.15, 0.2) is 60.7 Å². The summed E-state index contributed by atoms with van der Waals surface area (Å²) in [6.45, 7) is 0.260. The number of nitrogens with zero attached hydrogens (tertiary/aromatic N) is 2. The van der Waals surface area contributed by atoms with Gasteiger partial charge < -0.3 is 20.4 Å². The first-order chi connectivity index (χ1) is 16.2. The minimum Gasteiger partial charge on any atom is -0.507 e. The summed E-state index contributed by atoms with van der Waals surface area (Å²) in [7, 11) is 0. The lowest BCUT2D eigenvalue weighted by molar-refractivity contribution is -0.384. The van der Waals surface area contributed by atoms with Crippen LogP contribution in [0.25, 0.3) is 0 Å². The van der Waals surface area contributed by atoms with Crippen molar-refractivity contribution in [2.24, 2.45) is 0 Å². The Kier molecular flexibility index (Phi) is 6.38. The lowest BCUT2D eigenvalue weighted by atomic mass is 9.92. The van der Waals surface area contributed by atoms with Gasteiger partial charge in [0.15, 0.2) is 0 Å². The predicted molar refractivity (Wildman–Crippen MR) is 124 cm³/mol. The van der Waals surface area contributed by atoms with Crippen molar-refractivity contribution in [3.63, 3.8) is 0 Å². The van der Waals surface area contributed by atoms with Crippen molar-refractivity contribution in [2.75, 3.05) is 0 Å². The number of rotatable bonds is 5. The maximum Gasteiger partial charge on any atom is 0.269 e. The summed E-state index contributed by atoms with van der Waals surface area (Å²) < 4.78 is 0. The van der Waals surface area contributed by atoms with Crippen molar-refractivity contribution in [1.82, 2.24) is 10.2 Å². The van der Waals surface area contributed by atoms with Gasteiger partial charge in [0.25, 0.3) is 11.6 Å². The number of benzene rings is 3. The molecule has 9 nitrogen and oxygen atoms in total. The number of carbonyl (C=O) groups excluding carboxylic acids is 2. The molecule has 0 aromatic heterocycles. The largest absolute Gasteiger partial charge is 0.507 e. The van der Waals surface area contributed by atoms with Gasteiger partial charge in [0.1, 0.15) is 17.5 Å². The zero-order valence-electron chi connectivity index (χ0n) is 17.8. The van der Waals surface area contributed by atoms with Crippen molar-refractivity contribution < 1.29 is 24.7 Å². The van der Waals surface area contributed by atoms with Crippen LogP contribution >= 0.6 is 11.6 Å². The molecule has 0 radical (unpaired) electrons. The smallest absolute Gasteiger partial charge is 0.269 e. The van der Waals surface area contributed by atoms with E-state index in [4.69, 9.17) is 11.6 Å². The van der Waals surface area contributed by atoms with E-state index < -0.39 is 28.5 Å². The number of amides is 2. The molecule has 0 spiro atoms. The number of fused-ring (bicyclic) bond motifs is 1. The molecule has 0 saturated carbocycles. The molecular weight excluding hydrogens is 462 g/mol. The topological polar surface area (TPSA) is 133 Å². The van der Waals surface area contributed by atoms with E-state index in [1.165, 1.54) is 23.1 Å². The maximum absolute atomic E-state index is 13.4. The number of non-ortho nitro benzene ring substituents is 1. The van der Waals surface area contributed by atoms with Gasteiger partial charge in [-0.1, -0.05) is 48.0 Å². The Morgan fingerprint density at radius 3 is 2.41 bits per heavy atom. The molecule has 3 aromatic rings. The van der Waals surface area contributed by atoms with Crippen LogP contribution in [0.4, 0.5) is 5.69 Å². The van der Waals surface area contributed by atoms with Crippen molar-refractivity contribution >= 4 is 29.1 Å². The lowest BCUT2D eigenvalue weighted by Crippen LogP contribution is -2.52. The molecule has 2 amide bonds. The van der Waals surface area contributed by atoms with E-state index in [1.54, 1.807) is 12.1 Å². The van der Waals surface area contributed by atoms with Crippen LogP contribution in [-0.2, 0) is 24.3 Å². The number of hydrogen-bond donors (Lipinski definition) is 3. The van der Waals surface area contributed by atoms with E-state index in [0.29, 0.717) is 5.56 Å². The average molecular weight is 482 g/mol. The Balaban J connectivity index is 1.59. The molecule has 0 bridgehead atoms. The first-order valence-corrected chi connectivity index (χ1v) is 10.7. The van der Waals surface area contributed by atoms with E-state index >= 15 is 0 Å². The molecule has 1 atom stereocenters. The van der Waals surface area contributed by atoms with E-state index in [0.717, 1.165) is 17.2 Å². The molecule has 0 unspecified atom stereocenters. The zero-order chi connectivity index (χ0) is 24.4. The highest BCUT2D eigenvalue weighted by Crippen LogP contribution is 2.33. The van der Waals surface area contributed by atoms with Crippen molar-refractivity contribution in [3.8, 4) is 11.5 Å². The number of halogens is 1. The van der Waals surface area contributed by atoms with Gasteiger partial charge >= 0.3 is 0 Å². The van der Waals surface area contributed by atoms with Crippen LogP contribution in [0.3, 0.4) is 0 Å². The molecule has 1 aliphatic heterocycles. The van der Waals surface area contributed by atoms with Gasteiger partial charge in [0.05, 0.1) is 15.5 Å². The number of phenolic OH excluding ortho intramolecular Hbond substituents is 2. The Hall–Kier alpha value is -4.11. The van der Waals surface area contributed by atoms with Crippen LogP contribution in [0.2, 0.25) is 5.02 Å². The van der Waals surface area contributed by atoms with Crippen molar-refractivity contribution in [3.05, 3.63) is 98.1 Å². The summed E-state index contributed by atoms with van der Waals surface area (Å²) in [5.74, 6) is -1.83. The molecule has 174 valence electrons. The van der Waals surface area contributed by atoms with Gasteiger partial charge in [-0.15, -0.1) is 0 Å². The molecule has 10 heteroatoms. The molecular formula is C24H20ClN3O6. The van der Waals surface area contributed by atoms with Crippen molar-refractivity contribution in [1.29, 1.82) is 0 Å². The number of nitro groups is 1. The third-order valence-electron chi connectivity index (χ3n) is 5.72. The summed E-state index contributed by atoms with van der Waals surface area (Å²) in [6.07, 6.45) is 0.264. The summed E-state index contributed by atoms with van der Waals surface area (Å²) in [5, 5.41) is 33.4. The number of aromatic hydroxyl groups is 2. The van der Waals surface area contributed by atoms with Crippen LogP contribution in [0.5, 0.6) is 11.5 Å². The summed E-state index contributed by atoms with van der Waals surface area (Å²) in [6, 6.07) is 14.5. The maximum atomic E-state index is 13.4. The molecule has 0 saturated heterocycles. The Bertz CT molecular complexity index is 1280. The molecule has 0 aliphatic carbocycles. The first kappa shape index (κ1) is 23.1. The fraction of sp³-hybridized carbons (Fsp3) is 0.167. The number of nitro benzene ring substituents is 1. The number of nitrogens with one attached hydrogen (secondary N) is 1. The normalized spacial score (nSPS) is 14.9. The monoisotopic (exact) mass is 481 g/mol. The molecule has 3 N–H and O–H groups in total. The Morgan fingerprint density at radius 2 is 1.74 bits per heavy atom. The Morgan fingerprint density at radius 1 is 1.06 bits per heavy atom. The quantitative estimate of drug-likeness (QED) is 0.377. The molecule has 3 aromatic carbocycles. The first-order valence-electron chi connectivity index (χ1n) is 10.3. The van der Waals surface area contributed by atoms with Crippen molar-refractivity contribution in [2.45, 2.75) is 25.6 Å². The van der Waals surface area contributed by atoms with Crippen LogP contribution in [0.1, 0.15) is 27.0 Å². The second kappa shape index (κ2) is 9.40. The van der Waals surface area contributed by atoms with E-state index in [2.05, 4.69) is 5.32 Å². The van der Waals surface area contributed by atoms with Gasteiger partial charge in [-0.25, -0.2) is 0 Å². The van der Waals surface area contributed by atoms with Gasteiger partial charge in [-0.05, 0) is 22.8 Å². The minimum atomic E-state index is -0.868. The fourth-order valence-corrected chi connectivity index (χ4v) is 4.05. The number of carbonyl (C=O) groups is 2. The van der Waals surface area contributed by atoms with Gasteiger partial charge in [-0.3, -0.25) is 19.7 Å². The van der Waals surface area contributed by atoms with Crippen LogP contribution in [-0.4, -0.2) is 37.9 Å². The highest BCUT2D eigenvalue weighted by Gasteiger charge is 2.36. The highest BCUT2D eigenvalue weighted by molar-refractivity contribution is 6.32. The van der Waals surface area contributed by atoms with Gasteiger partial charge in [0.2, 0.25) is 5.91 Å². The third-order valence-corrected chi connectivity index (χ3v) is 6.02.